The highest BCUT2D eigenvalue weighted by molar-refractivity contribution is 7.18. The molecule has 6 heteroatoms. The minimum atomic E-state index is -0.681. The lowest BCUT2D eigenvalue weighted by atomic mass is 10.2. The lowest BCUT2D eigenvalue weighted by Crippen LogP contribution is -2.33. The summed E-state index contributed by atoms with van der Waals surface area (Å²) >= 11 is 1.51. The summed E-state index contributed by atoms with van der Waals surface area (Å²) in [4.78, 5) is 29.8. The summed E-state index contributed by atoms with van der Waals surface area (Å²) in [7, 11) is 0. The molecule has 2 heterocycles. The zero-order valence-electron chi connectivity index (χ0n) is 10.6. The average Bonchev–Trinajstić information content (AvgIpc) is 2.71. The molecular formula is C12H15N3O2S. The van der Waals surface area contributed by atoms with Crippen molar-refractivity contribution in [2.45, 2.75) is 33.2 Å². The Kier molecular flexibility index (Phi) is 3.21. The number of primary amides is 1. The number of nitrogens with zero attached hydrogens (tertiary/aromatic N) is 2. The summed E-state index contributed by atoms with van der Waals surface area (Å²) in [6.45, 7) is 5.35. The van der Waals surface area contributed by atoms with Crippen molar-refractivity contribution in [3.05, 3.63) is 27.1 Å². The number of hydrogen-bond acceptors (Lipinski definition) is 4. The van der Waals surface area contributed by atoms with Crippen molar-refractivity contribution in [1.29, 1.82) is 0 Å². The smallest absolute Gasteiger partial charge is 0.263 e. The van der Waals surface area contributed by atoms with Gasteiger partial charge in [-0.3, -0.25) is 14.2 Å². The zero-order chi connectivity index (χ0) is 13.4. The van der Waals surface area contributed by atoms with Gasteiger partial charge >= 0.3 is 0 Å². The molecule has 2 aromatic heterocycles. The van der Waals surface area contributed by atoms with Crippen LogP contribution in [0, 0.1) is 6.92 Å². The molecule has 1 unspecified atom stereocenters. The van der Waals surface area contributed by atoms with Crippen molar-refractivity contribution < 1.29 is 4.79 Å². The lowest BCUT2D eigenvalue weighted by molar-refractivity contribution is -0.120. The number of carbonyl (C=O) groups excluding carboxylic acids is 1. The van der Waals surface area contributed by atoms with Gasteiger partial charge in [-0.05, 0) is 26.3 Å². The molecule has 96 valence electrons. The van der Waals surface area contributed by atoms with Gasteiger partial charge in [0.2, 0.25) is 5.91 Å². The summed E-state index contributed by atoms with van der Waals surface area (Å²) in [5.41, 5.74) is 5.06. The predicted molar refractivity (Wildman–Crippen MR) is 71.9 cm³/mol. The van der Waals surface area contributed by atoms with E-state index < -0.39 is 11.9 Å². The first-order valence-electron chi connectivity index (χ1n) is 5.76. The van der Waals surface area contributed by atoms with E-state index in [0.717, 1.165) is 16.1 Å². The summed E-state index contributed by atoms with van der Waals surface area (Å²) in [5, 5.41) is 0.565. The minimum absolute atomic E-state index is 0.195. The topological polar surface area (TPSA) is 78.0 Å². The molecule has 0 spiro atoms. The Bertz CT molecular complexity index is 672. The molecule has 0 bridgehead atoms. The molecule has 0 aromatic carbocycles. The van der Waals surface area contributed by atoms with Crippen molar-refractivity contribution in [1.82, 2.24) is 9.55 Å². The van der Waals surface area contributed by atoms with E-state index in [1.807, 2.05) is 13.0 Å². The maximum absolute atomic E-state index is 12.3. The van der Waals surface area contributed by atoms with Crippen LogP contribution in [0.1, 0.15) is 30.6 Å². The van der Waals surface area contributed by atoms with Crippen LogP contribution in [0.4, 0.5) is 0 Å². The number of amides is 1. The van der Waals surface area contributed by atoms with Crippen molar-refractivity contribution >= 4 is 27.5 Å². The quantitative estimate of drug-likeness (QED) is 0.910. The Hall–Kier alpha value is -1.69. The Balaban J connectivity index is 2.75. The van der Waals surface area contributed by atoms with Crippen molar-refractivity contribution in [2.24, 2.45) is 5.73 Å². The van der Waals surface area contributed by atoms with E-state index in [0.29, 0.717) is 11.2 Å². The normalized spacial score (nSPS) is 12.8. The molecule has 0 fully saturated rings. The highest BCUT2D eigenvalue weighted by Gasteiger charge is 2.18. The van der Waals surface area contributed by atoms with Gasteiger partial charge in [-0.2, -0.15) is 0 Å². The van der Waals surface area contributed by atoms with Crippen LogP contribution in [0.2, 0.25) is 0 Å². The summed E-state index contributed by atoms with van der Waals surface area (Å²) in [5.74, 6) is -0.0180. The number of aromatic nitrogens is 2. The lowest BCUT2D eigenvalue weighted by Gasteiger charge is -2.13. The largest absolute Gasteiger partial charge is 0.368 e. The third-order valence-corrected chi connectivity index (χ3v) is 4.15. The van der Waals surface area contributed by atoms with Crippen molar-refractivity contribution in [3.63, 3.8) is 0 Å². The van der Waals surface area contributed by atoms with Crippen molar-refractivity contribution in [2.75, 3.05) is 0 Å². The first-order chi connectivity index (χ1) is 8.45. The van der Waals surface area contributed by atoms with Crippen LogP contribution in [-0.4, -0.2) is 15.5 Å². The van der Waals surface area contributed by atoms with E-state index in [1.54, 1.807) is 13.8 Å². The monoisotopic (exact) mass is 265 g/mol. The molecule has 5 nitrogen and oxygen atoms in total. The van der Waals surface area contributed by atoms with Gasteiger partial charge < -0.3 is 5.73 Å². The minimum Gasteiger partial charge on any atom is -0.368 e. The molecular weight excluding hydrogens is 250 g/mol. The Morgan fingerprint density at radius 1 is 1.61 bits per heavy atom. The summed E-state index contributed by atoms with van der Waals surface area (Å²) in [6.07, 6.45) is 0.866. The van der Waals surface area contributed by atoms with Crippen LogP contribution < -0.4 is 11.3 Å². The fourth-order valence-corrected chi connectivity index (χ4v) is 2.91. The molecule has 0 saturated carbocycles. The maximum atomic E-state index is 12.3. The van der Waals surface area contributed by atoms with E-state index in [4.69, 9.17) is 5.73 Å². The average molecular weight is 265 g/mol. The van der Waals surface area contributed by atoms with Gasteiger partial charge in [0, 0.05) is 4.88 Å². The van der Waals surface area contributed by atoms with Crippen LogP contribution in [-0.2, 0) is 11.2 Å². The van der Waals surface area contributed by atoms with Crippen LogP contribution in [0.5, 0.6) is 0 Å². The molecule has 2 rings (SSSR count). The number of thiophene rings is 1. The van der Waals surface area contributed by atoms with E-state index in [1.165, 1.54) is 15.9 Å². The number of fused-ring (bicyclic) bond motifs is 1. The standard InChI is InChI=1S/C12H15N3O2S/c1-4-8-5-9-11(18-8)14-7(3)15(12(9)17)6(2)10(13)16/h5-6H,4H2,1-3H3,(H2,13,16). The molecule has 1 atom stereocenters. The van der Waals surface area contributed by atoms with Crippen LogP contribution in [0.25, 0.3) is 10.2 Å². The van der Waals surface area contributed by atoms with Gasteiger partial charge in [0.05, 0.1) is 5.39 Å². The number of aryl methyl sites for hydroxylation is 2. The van der Waals surface area contributed by atoms with Crippen LogP contribution >= 0.6 is 11.3 Å². The molecule has 2 N–H and O–H groups in total. The van der Waals surface area contributed by atoms with Gasteiger partial charge in [-0.1, -0.05) is 6.92 Å². The number of carbonyl (C=O) groups is 1. The van der Waals surface area contributed by atoms with E-state index in [9.17, 15) is 9.59 Å². The summed E-state index contributed by atoms with van der Waals surface area (Å²) < 4.78 is 1.36. The fourth-order valence-electron chi connectivity index (χ4n) is 1.90. The molecule has 0 saturated heterocycles. The fraction of sp³-hybridized carbons (Fsp3) is 0.417. The SMILES string of the molecule is CCc1cc2c(=O)n(C(C)C(N)=O)c(C)nc2s1. The number of nitrogens with two attached hydrogens (primary N) is 1. The van der Waals surface area contributed by atoms with Crippen molar-refractivity contribution in [3.8, 4) is 0 Å². The molecule has 1 amide bonds. The second-order valence-electron chi connectivity index (χ2n) is 4.20. The maximum Gasteiger partial charge on any atom is 0.263 e. The van der Waals surface area contributed by atoms with E-state index >= 15 is 0 Å². The Labute approximate surface area is 108 Å². The number of hydrogen-bond donors (Lipinski definition) is 1. The van der Waals surface area contributed by atoms with Crippen LogP contribution in [0.15, 0.2) is 10.9 Å². The highest BCUT2D eigenvalue weighted by atomic mass is 32.1. The molecule has 0 aliphatic rings. The molecule has 18 heavy (non-hydrogen) atoms. The zero-order valence-corrected chi connectivity index (χ0v) is 11.4. The van der Waals surface area contributed by atoms with E-state index in [2.05, 4.69) is 4.98 Å². The highest BCUT2D eigenvalue weighted by Crippen LogP contribution is 2.22. The van der Waals surface area contributed by atoms with Gasteiger partial charge in [-0.15, -0.1) is 11.3 Å². The first kappa shape index (κ1) is 12.8. The summed E-state index contributed by atoms with van der Waals surface area (Å²) in [6, 6.07) is 1.17. The second-order valence-corrected chi connectivity index (χ2v) is 5.31. The molecule has 0 radical (unpaired) electrons. The molecule has 2 aromatic rings. The van der Waals surface area contributed by atoms with Gasteiger partial charge in [0.25, 0.3) is 5.56 Å². The first-order valence-corrected chi connectivity index (χ1v) is 6.58. The van der Waals surface area contributed by atoms with Gasteiger partial charge in [0.1, 0.15) is 16.7 Å². The van der Waals surface area contributed by atoms with Crippen LogP contribution in [0.3, 0.4) is 0 Å². The molecule has 0 aliphatic carbocycles. The van der Waals surface area contributed by atoms with Gasteiger partial charge in [0.15, 0.2) is 0 Å². The second kappa shape index (κ2) is 4.53. The third kappa shape index (κ3) is 1.92. The third-order valence-electron chi connectivity index (χ3n) is 2.97. The predicted octanol–water partition coefficient (Wildman–Crippen LogP) is 1.38. The Morgan fingerprint density at radius 3 is 2.83 bits per heavy atom. The van der Waals surface area contributed by atoms with Gasteiger partial charge in [-0.25, -0.2) is 4.98 Å². The Morgan fingerprint density at radius 2 is 2.28 bits per heavy atom. The molecule has 0 aliphatic heterocycles. The number of rotatable bonds is 3. The van der Waals surface area contributed by atoms with E-state index in [-0.39, 0.29) is 5.56 Å².